The van der Waals surface area contributed by atoms with Crippen molar-refractivity contribution in [1.29, 1.82) is 0 Å². The number of hydrogen-bond acceptors (Lipinski definition) is 4. The first kappa shape index (κ1) is 10.9. The van der Waals surface area contributed by atoms with E-state index in [0.717, 1.165) is 25.3 Å². The minimum Gasteiger partial charge on any atom is -0.370 e. The smallest absolute Gasteiger partial charge is 0.134 e. The van der Waals surface area contributed by atoms with Crippen LogP contribution in [0.3, 0.4) is 0 Å². The van der Waals surface area contributed by atoms with Gasteiger partial charge in [-0.05, 0) is 6.42 Å². The quantitative estimate of drug-likeness (QED) is 0.637. The molecule has 0 fully saturated rings. The molecule has 0 atom stereocenters. The van der Waals surface area contributed by atoms with Crippen LogP contribution in [0.2, 0.25) is 5.15 Å². The van der Waals surface area contributed by atoms with Crippen molar-refractivity contribution in [1.82, 2.24) is 19.5 Å². The Balaban J connectivity index is 1.72. The number of hydrogen-bond donors (Lipinski definition) is 1. The zero-order valence-electron chi connectivity index (χ0n) is 8.67. The van der Waals surface area contributed by atoms with Crippen LogP contribution >= 0.6 is 11.6 Å². The van der Waals surface area contributed by atoms with Crippen molar-refractivity contribution < 1.29 is 0 Å². The van der Waals surface area contributed by atoms with Crippen LogP contribution in [0.15, 0.2) is 31.1 Å². The summed E-state index contributed by atoms with van der Waals surface area (Å²) >= 11 is 5.74. The Kier molecular flexibility index (Phi) is 3.71. The minimum absolute atomic E-state index is 0.451. The van der Waals surface area contributed by atoms with Crippen molar-refractivity contribution in [3.63, 3.8) is 0 Å². The maximum Gasteiger partial charge on any atom is 0.134 e. The predicted molar refractivity (Wildman–Crippen MR) is 62.4 cm³/mol. The number of halogens is 1. The Labute approximate surface area is 98.5 Å². The summed E-state index contributed by atoms with van der Waals surface area (Å²) in [7, 11) is 0. The Bertz CT molecular complexity index is 429. The van der Waals surface area contributed by atoms with Gasteiger partial charge in [0.15, 0.2) is 0 Å². The minimum atomic E-state index is 0.451. The highest BCUT2D eigenvalue weighted by Crippen LogP contribution is 2.08. The molecule has 2 aromatic rings. The SMILES string of the molecule is Clc1cc(NCCCn2ccnc2)ncn1. The molecule has 16 heavy (non-hydrogen) atoms. The van der Waals surface area contributed by atoms with Gasteiger partial charge in [-0.3, -0.25) is 0 Å². The maximum atomic E-state index is 5.74. The number of rotatable bonds is 5. The molecular weight excluding hydrogens is 226 g/mol. The number of nitrogens with one attached hydrogen (secondary N) is 1. The van der Waals surface area contributed by atoms with Crippen LogP contribution in [0.4, 0.5) is 5.82 Å². The second-order valence-corrected chi connectivity index (χ2v) is 3.69. The average molecular weight is 238 g/mol. The van der Waals surface area contributed by atoms with E-state index in [1.54, 1.807) is 12.3 Å². The predicted octanol–water partition coefficient (Wildman–Crippen LogP) is 1.83. The Morgan fingerprint density at radius 3 is 3.06 bits per heavy atom. The molecule has 0 radical (unpaired) electrons. The van der Waals surface area contributed by atoms with Crippen molar-refractivity contribution in [2.75, 3.05) is 11.9 Å². The average Bonchev–Trinajstić information content (AvgIpc) is 2.77. The molecule has 0 aliphatic rings. The third kappa shape index (κ3) is 3.20. The molecule has 0 aliphatic carbocycles. The molecule has 0 bridgehead atoms. The third-order valence-corrected chi connectivity index (χ3v) is 2.30. The number of aromatic nitrogens is 4. The Morgan fingerprint density at radius 1 is 1.38 bits per heavy atom. The fraction of sp³-hybridized carbons (Fsp3) is 0.300. The van der Waals surface area contributed by atoms with E-state index in [9.17, 15) is 0 Å². The molecule has 2 heterocycles. The number of imidazole rings is 1. The van der Waals surface area contributed by atoms with Crippen LogP contribution in [0.25, 0.3) is 0 Å². The Morgan fingerprint density at radius 2 is 2.31 bits per heavy atom. The molecule has 2 rings (SSSR count). The largest absolute Gasteiger partial charge is 0.370 e. The second kappa shape index (κ2) is 5.46. The first-order valence-electron chi connectivity index (χ1n) is 5.02. The van der Waals surface area contributed by atoms with Crippen LogP contribution in [-0.2, 0) is 6.54 Å². The molecule has 2 aromatic heterocycles. The molecule has 0 unspecified atom stereocenters. The standard InChI is InChI=1S/C10H12ClN5/c11-9-6-10(15-7-14-9)13-2-1-4-16-5-3-12-8-16/h3,5-8H,1-2,4H2,(H,13,14,15). The molecule has 0 aliphatic heterocycles. The zero-order chi connectivity index (χ0) is 11.2. The van der Waals surface area contributed by atoms with Gasteiger partial charge in [0.2, 0.25) is 0 Å². The summed E-state index contributed by atoms with van der Waals surface area (Å²) in [5, 5.41) is 3.63. The van der Waals surface area contributed by atoms with Gasteiger partial charge in [-0.1, -0.05) is 11.6 Å². The topological polar surface area (TPSA) is 55.6 Å². The van der Waals surface area contributed by atoms with Gasteiger partial charge >= 0.3 is 0 Å². The zero-order valence-corrected chi connectivity index (χ0v) is 9.43. The van der Waals surface area contributed by atoms with Crippen LogP contribution < -0.4 is 5.32 Å². The lowest BCUT2D eigenvalue weighted by Gasteiger charge is -2.05. The highest BCUT2D eigenvalue weighted by atomic mass is 35.5. The highest BCUT2D eigenvalue weighted by molar-refractivity contribution is 6.29. The second-order valence-electron chi connectivity index (χ2n) is 3.31. The van der Waals surface area contributed by atoms with E-state index in [-0.39, 0.29) is 0 Å². The maximum absolute atomic E-state index is 5.74. The molecule has 1 N–H and O–H groups in total. The molecule has 0 saturated carbocycles. The van der Waals surface area contributed by atoms with Gasteiger partial charge in [-0.2, -0.15) is 0 Å². The lowest BCUT2D eigenvalue weighted by molar-refractivity contribution is 0.660. The van der Waals surface area contributed by atoms with Crippen LogP contribution in [0.1, 0.15) is 6.42 Å². The van der Waals surface area contributed by atoms with Gasteiger partial charge in [0, 0.05) is 31.5 Å². The summed E-state index contributed by atoms with van der Waals surface area (Å²) in [4.78, 5) is 11.8. The summed E-state index contributed by atoms with van der Waals surface area (Å²) in [6, 6.07) is 1.71. The molecule has 84 valence electrons. The van der Waals surface area contributed by atoms with Gasteiger partial charge in [-0.25, -0.2) is 15.0 Å². The highest BCUT2D eigenvalue weighted by Gasteiger charge is 1.95. The number of nitrogens with zero attached hydrogens (tertiary/aromatic N) is 4. The molecule has 0 spiro atoms. The normalized spacial score (nSPS) is 10.3. The van der Waals surface area contributed by atoms with Crippen LogP contribution in [0, 0.1) is 0 Å². The fourth-order valence-corrected chi connectivity index (χ4v) is 1.47. The van der Waals surface area contributed by atoms with E-state index < -0.39 is 0 Å². The van der Waals surface area contributed by atoms with Crippen molar-refractivity contribution in [3.05, 3.63) is 36.3 Å². The van der Waals surface area contributed by atoms with Crippen molar-refractivity contribution >= 4 is 17.4 Å². The van der Waals surface area contributed by atoms with E-state index >= 15 is 0 Å². The van der Waals surface area contributed by atoms with E-state index in [4.69, 9.17) is 11.6 Å². The summed E-state index contributed by atoms with van der Waals surface area (Å²) in [6.45, 7) is 1.78. The Hall–Kier alpha value is -1.62. The first-order chi connectivity index (χ1) is 7.84. The third-order valence-electron chi connectivity index (χ3n) is 2.09. The van der Waals surface area contributed by atoms with Gasteiger partial charge in [0.1, 0.15) is 17.3 Å². The lowest BCUT2D eigenvalue weighted by Crippen LogP contribution is -2.06. The van der Waals surface area contributed by atoms with Gasteiger partial charge in [0.05, 0.1) is 6.33 Å². The van der Waals surface area contributed by atoms with Crippen molar-refractivity contribution in [2.45, 2.75) is 13.0 Å². The molecule has 0 amide bonds. The summed E-state index contributed by atoms with van der Waals surface area (Å²) < 4.78 is 2.04. The van der Waals surface area contributed by atoms with Crippen LogP contribution in [0.5, 0.6) is 0 Å². The summed E-state index contributed by atoms with van der Waals surface area (Å²) in [5.41, 5.74) is 0. The van der Waals surface area contributed by atoms with Gasteiger partial charge in [0.25, 0.3) is 0 Å². The van der Waals surface area contributed by atoms with Crippen molar-refractivity contribution in [2.24, 2.45) is 0 Å². The van der Waals surface area contributed by atoms with Crippen LogP contribution in [-0.4, -0.2) is 26.1 Å². The molecule has 0 saturated heterocycles. The monoisotopic (exact) mass is 237 g/mol. The molecule has 5 nitrogen and oxygen atoms in total. The van der Waals surface area contributed by atoms with E-state index in [1.165, 1.54) is 6.33 Å². The molecule has 6 heteroatoms. The summed E-state index contributed by atoms with van der Waals surface area (Å²) in [5.74, 6) is 0.755. The number of anilines is 1. The van der Waals surface area contributed by atoms with E-state index in [1.807, 2.05) is 17.1 Å². The fourth-order valence-electron chi connectivity index (χ4n) is 1.33. The van der Waals surface area contributed by atoms with E-state index in [0.29, 0.717) is 5.15 Å². The van der Waals surface area contributed by atoms with Gasteiger partial charge in [-0.15, -0.1) is 0 Å². The van der Waals surface area contributed by atoms with E-state index in [2.05, 4.69) is 20.3 Å². The first-order valence-corrected chi connectivity index (χ1v) is 5.39. The lowest BCUT2D eigenvalue weighted by atomic mass is 10.4. The van der Waals surface area contributed by atoms with Gasteiger partial charge < -0.3 is 9.88 Å². The molecular formula is C10H12ClN5. The number of aryl methyl sites for hydroxylation is 1. The van der Waals surface area contributed by atoms with Crippen molar-refractivity contribution in [3.8, 4) is 0 Å². The molecule has 0 aromatic carbocycles. The summed E-state index contributed by atoms with van der Waals surface area (Å²) in [6.07, 6.45) is 7.97.